The summed E-state index contributed by atoms with van der Waals surface area (Å²) < 4.78 is 5.15. The van der Waals surface area contributed by atoms with Crippen molar-refractivity contribution in [2.45, 2.75) is 32.4 Å². The van der Waals surface area contributed by atoms with Crippen molar-refractivity contribution in [2.75, 3.05) is 46.9 Å². The van der Waals surface area contributed by atoms with E-state index in [0.29, 0.717) is 19.2 Å². The van der Waals surface area contributed by atoms with Crippen LogP contribution in [0.5, 0.6) is 0 Å². The highest BCUT2D eigenvalue weighted by Gasteiger charge is 2.36. The second kappa shape index (κ2) is 6.50. The summed E-state index contributed by atoms with van der Waals surface area (Å²) in [7, 11) is 3.96. The normalized spacial score (nSPS) is 25.7. The Morgan fingerprint density at radius 2 is 2.17 bits per heavy atom. The van der Waals surface area contributed by atoms with Crippen LogP contribution in [0.3, 0.4) is 0 Å². The van der Waals surface area contributed by atoms with Crippen molar-refractivity contribution in [3.63, 3.8) is 0 Å². The third-order valence-electron chi connectivity index (χ3n) is 3.86. The molecule has 5 nitrogen and oxygen atoms in total. The minimum atomic E-state index is -0.619. The van der Waals surface area contributed by atoms with Gasteiger partial charge in [0.05, 0.1) is 6.61 Å². The predicted molar refractivity (Wildman–Crippen MR) is 72.6 cm³/mol. The lowest BCUT2D eigenvalue weighted by atomic mass is 10.0. The highest BCUT2D eigenvalue weighted by Crippen LogP contribution is 2.13. The van der Waals surface area contributed by atoms with Gasteiger partial charge in [-0.2, -0.15) is 0 Å². The van der Waals surface area contributed by atoms with E-state index < -0.39 is 5.54 Å². The summed E-state index contributed by atoms with van der Waals surface area (Å²) >= 11 is 0. The Balaban J connectivity index is 2.60. The van der Waals surface area contributed by atoms with Gasteiger partial charge in [-0.1, -0.05) is 0 Å². The summed E-state index contributed by atoms with van der Waals surface area (Å²) in [4.78, 5) is 16.7. The van der Waals surface area contributed by atoms with Crippen LogP contribution < -0.4 is 5.32 Å². The van der Waals surface area contributed by atoms with Crippen molar-refractivity contribution in [2.24, 2.45) is 0 Å². The first-order valence-electron chi connectivity index (χ1n) is 6.71. The van der Waals surface area contributed by atoms with Crippen LogP contribution in [0.4, 0.5) is 0 Å². The van der Waals surface area contributed by atoms with E-state index in [0.717, 1.165) is 19.6 Å². The van der Waals surface area contributed by atoms with Crippen LogP contribution in [0, 0.1) is 0 Å². The van der Waals surface area contributed by atoms with E-state index in [1.807, 2.05) is 20.9 Å². The van der Waals surface area contributed by atoms with E-state index in [-0.39, 0.29) is 5.97 Å². The molecule has 0 aromatic rings. The Morgan fingerprint density at radius 3 is 2.67 bits per heavy atom. The first-order valence-corrected chi connectivity index (χ1v) is 6.71. The van der Waals surface area contributed by atoms with E-state index in [9.17, 15) is 4.79 Å². The van der Waals surface area contributed by atoms with Crippen molar-refractivity contribution in [3.05, 3.63) is 0 Å². The molecule has 5 heteroatoms. The average Bonchev–Trinajstić information content (AvgIpc) is 2.34. The van der Waals surface area contributed by atoms with E-state index >= 15 is 0 Å². The van der Waals surface area contributed by atoms with E-state index in [2.05, 4.69) is 29.1 Å². The lowest BCUT2D eigenvalue weighted by Crippen LogP contribution is -2.60. The van der Waals surface area contributed by atoms with Gasteiger partial charge in [-0.3, -0.25) is 9.69 Å². The molecule has 2 atom stereocenters. The van der Waals surface area contributed by atoms with Gasteiger partial charge in [0, 0.05) is 32.2 Å². The topological polar surface area (TPSA) is 44.8 Å². The molecule has 0 bridgehead atoms. The summed E-state index contributed by atoms with van der Waals surface area (Å²) in [5.41, 5.74) is -0.619. The lowest BCUT2D eigenvalue weighted by Gasteiger charge is -2.41. The van der Waals surface area contributed by atoms with E-state index in [4.69, 9.17) is 4.74 Å². The highest BCUT2D eigenvalue weighted by atomic mass is 16.5. The summed E-state index contributed by atoms with van der Waals surface area (Å²) in [6.07, 6.45) is 0. The number of hydrogen-bond acceptors (Lipinski definition) is 5. The van der Waals surface area contributed by atoms with Gasteiger partial charge in [0.15, 0.2) is 0 Å². The summed E-state index contributed by atoms with van der Waals surface area (Å²) in [6, 6.07) is 0.530. The number of piperazine rings is 1. The maximum Gasteiger partial charge on any atom is 0.327 e. The van der Waals surface area contributed by atoms with Crippen LogP contribution in [0.25, 0.3) is 0 Å². The number of carbonyl (C=O) groups is 1. The fraction of sp³-hybridized carbons (Fsp3) is 0.923. The minimum Gasteiger partial charge on any atom is -0.465 e. The molecule has 2 unspecified atom stereocenters. The highest BCUT2D eigenvalue weighted by molar-refractivity contribution is 5.80. The van der Waals surface area contributed by atoms with Gasteiger partial charge in [0.25, 0.3) is 0 Å². The van der Waals surface area contributed by atoms with Gasteiger partial charge in [-0.25, -0.2) is 0 Å². The first-order chi connectivity index (χ1) is 8.42. The molecule has 1 fully saturated rings. The Hall–Kier alpha value is -0.650. The smallest absolute Gasteiger partial charge is 0.327 e. The van der Waals surface area contributed by atoms with Crippen LogP contribution in [0.15, 0.2) is 0 Å². The lowest BCUT2D eigenvalue weighted by molar-refractivity contribution is -0.151. The number of likely N-dealkylation sites (N-methyl/N-ethyl adjacent to an activating group) is 2. The van der Waals surface area contributed by atoms with Crippen molar-refractivity contribution in [1.29, 1.82) is 0 Å². The van der Waals surface area contributed by atoms with Crippen LogP contribution in [0.2, 0.25) is 0 Å². The van der Waals surface area contributed by atoms with E-state index in [1.165, 1.54) is 0 Å². The zero-order valence-electron chi connectivity index (χ0n) is 12.3. The van der Waals surface area contributed by atoms with Gasteiger partial charge < -0.3 is 15.0 Å². The fourth-order valence-electron chi connectivity index (χ4n) is 2.25. The Kier molecular flexibility index (Phi) is 5.56. The van der Waals surface area contributed by atoms with Crippen LogP contribution in [-0.4, -0.2) is 74.2 Å². The third kappa shape index (κ3) is 3.67. The fourth-order valence-corrected chi connectivity index (χ4v) is 2.25. The van der Waals surface area contributed by atoms with Crippen LogP contribution >= 0.6 is 0 Å². The standard InChI is InChI=1S/C13H27N3O2/c1-6-18-12(17)13(3,14-4)10-16-8-7-15(5)11(2)9-16/h11,14H,6-10H2,1-5H3. The number of nitrogens with zero attached hydrogens (tertiary/aromatic N) is 2. The van der Waals surface area contributed by atoms with Gasteiger partial charge in [-0.15, -0.1) is 0 Å². The van der Waals surface area contributed by atoms with Crippen LogP contribution in [0.1, 0.15) is 20.8 Å². The number of esters is 1. The van der Waals surface area contributed by atoms with E-state index in [1.54, 1.807) is 0 Å². The number of ether oxygens (including phenoxy) is 1. The number of carbonyl (C=O) groups excluding carboxylic acids is 1. The summed E-state index contributed by atoms with van der Waals surface area (Å²) in [6.45, 7) is 10.1. The van der Waals surface area contributed by atoms with Gasteiger partial charge in [-0.05, 0) is 34.9 Å². The second-order valence-corrected chi connectivity index (χ2v) is 5.37. The molecular weight excluding hydrogens is 230 g/mol. The molecule has 0 spiro atoms. The van der Waals surface area contributed by atoms with Gasteiger partial charge in [0.1, 0.15) is 5.54 Å². The SMILES string of the molecule is CCOC(=O)C(C)(CN1CCN(C)C(C)C1)NC. The molecule has 0 aromatic carbocycles. The molecule has 0 aromatic heterocycles. The summed E-state index contributed by atoms with van der Waals surface area (Å²) in [5, 5.41) is 3.11. The Bertz CT molecular complexity index is 285. The molecule has 1 N–H and O–H groups in total. The maximum atomic E-state index is 12.0. The molecule has 18 heavy (non-hydrogen) atoms. The van der Waals surface area contributed by atoms with Crippen molar-refractivity contribution in [3.8, 4) is 0 Å². The molecule has 1 heterocycles. The average molecular weight is 257 g/mol. The maximum absolute atomic E-state index is 12.0. The molecule has 1 aliphatic heterocycles. The Labute approximate surface area is 110 Å². The molecular formula is C13H27N3O2. The molecule has 1 aliphatic rings. The monoisotopic (exact) mass is 257 g/mol. The molecule has 0 aliphatic carbocycles. The number of hydrogen-bond donors (Lipinski definition) is 1. The van der Waals surface area contributed by atoms with Gasteiger partial charge in [0.2, 0.25) is 0 Å². The molecule has 1 saturated heterocycles. The first kappa shape index (κ1) is 15.4. The number of nitrogens with one attached hydrogen (secondary N) is 1. The quantitative estimate of drug-likeness (QED) is 0.711. The molecule has 0 radical (unpaired) electrons. The Morgan fingerprint density at radius 1 is 1.50 bits per heavy atom. The van der Waals surface area contributed by atoms with Crippen LogP contribution in [-0.2, 0) is 9.53 Å². The summed E-state index contributed by atoms with van der Waals surface area (Å²) in [5.74, 6) is -0.168. The van der Waals surface area contributed by atoms with Gasteiger partial charge >= 0.3 is 5.97 Å². The second-order valence-electron chi connectivity index (χ2n) is 5.37. The zero-order valence-corrected chi connectivity index (χ0v) is 12.3. The largest absolute Gasteiger partial charge is 0.465 e. The molecule has 0 amide bonds. The van der Waals surface area contributed by atoms with Crippen molar-refractivity contribution >= 4 is 5.97 Å². The predicted octanol–water partition coefficient (Wildman–Crippen LogP) is 0.164. The minimum absolute atomic E-state index is 0.168. The molecule has 106 valence electrons. The zero-order chi connectivity index (χ0) is 13.8. The number of rotatable bonds is 5. The third-order valence-corrected chi connectivity index (χ3v) is 3.86. The van der Waals surface area contributed by atoms with Crippen molar-refractivity contribution in [1.82, 2.24) is 15.1 Å². The molecule has 0 saturated carbocycles. The molecule has 1 rings (SSSR count). The van der Waals surface area contributed by atoms with Crippen molar-refractivity contribution < 1.29 is 9.53 Å².